The van der Waals surface area contributed by atoms with Gasteiger partial charge in [0, 0.05) is 6.42 Å². The molecule has 1 aliphatic carbocycles. The Bertz CT molecular complexity index is 634. The zero-order chi connectivity index (χ0) is 17.3. The van der Waals surface area contributed by atoms with Crippen molar-refractivity contribution in [3.8, 4) is 0 Å². The van der Waals surface area contributed by atoms with Crippen LogP contribution in [-0.2, 0) is 20.7 Å². The molecule has 1 saturated heterocycles. The first-order chi connectivity index (χ1) is 11.3. The summed E-state index contributed by atoms with van der Waals surface area (Å²) in [5, 5.41) is 0. The summed E-state index contributed by atoms with van der Waals surface area (Å²) in [7, 11) is 0. The second kappa shape index (κ2) is 6.55. The minimum Gasteiger partial charge on any atom is -0.444 e. The lowest BCUT2D eigenvalue weighted by molar-refractivity contribution is -0.131. The molecule has 1 amide bonds. The number of rotatable bonds is 2. The average Bonchev–Trinajstić information content (AvgIpc) is 2.90. The number of carbonyl (C=O) groups excluding carboxylic acids is 2. The fraction of sp³-hybridized carbons (Fsp3) is 0.579. The Labute approximate surface area is 142 Å². The highest BCUT2D eigenvalue weighted by molar-refractivity contribution is 5.82. The number of carbonyl (C=O) groups is 2. The van der Waals surface area contributed by atoms with E-state index >= 15 is 0 Å². The maximum atomic E-state index is 12.9. The normalized spacial score (nSPS) is 23.7. The predicted octanol–water partition coefficient (Wildman–Crippen LogP) is 3.27. The summed E-state index contributed by atoms with van der Waals surface area (Å²) in [6, 6.07) is 7.85. The lowest BCUT2D eigenvalue weighted by Crippen LogP contribution is -2.50. The van der Waals surface area contributed by atoms with Gasteiger partial charge in [-0.25, -0.2) is 4.79 Å². The highest BCUT2D eigenvalue weighted by atomic mass is 16.6. The molecular formula is C19H25NO4. The Kier molecular flexibility index (Phi) is 4.63. The Balaban J connectivity index is 1.90. The van der Waals surface area contributed by atoms with Crippen molar-refractivity contribution in [3.05, 3.63) is 35.4 Å². The van der Waals surface area contributed by atoms with E-state index < -0.39 is 5.60 Å². The second-order valence-corrected chi connectivity index (χ2v) is 7.55. The third-order valence-electron chi connectivity index (χ3n) is 4.47. The molecule has 0 saturated carbocycles. The van der Waals surface area contributed by atoms with E-state index in [-0.39, 0.29) is 30.6 Å². The molecule has 5 nitrogen and oxygen atoms in total. The molecular weight excluding hydrogens is 306 g/mol. The van der Waals surface area contributed by atoms with E-state index in [1.54, 1.807) is 4.90 Å². The number of nitrogens with zero attached hydrogens (tertiary/aromatic N) is 1. The molecule has 0 spiro atoms. The summed E-state index contributed by atoms with van der Waals surface area (Å²) in [5.41, 5.74) is 1.84. The molecule has 1 unspecified atom stereocenters. The van der Waals surface area contributed by atoms with Crippen molar-refractivity contribution < 1.29 is 19.1 Å². The zero-order valence-electron chi connectivity index (χ0n) is 14.6. The molecule has 5 heteroatoms. The van der Waals surface area contributed by atoms with Crippen LogP contribution in [0.25, 0.3) is 0 Å². The molecule has 24 heavy (non-hydrogen) atoms. The van der Waals surface area contributed by atoms with Crippen molar-refractivity contribution in [1.29, 1.82) is 0 Å². The zero-order valence-corrected chi connectivity index (χ0v) is 14.6. The standard InChI is InChI=1S/C19H25NO4/c1-19(2,3)24-18(22)20(14-10-15(21)12-23-11-14)17-9-8-13-6-4-5-7-16(13)17/h4-7,14,17H,8-12H2,1-3H3/t14?,17-/m1/s1. The third kappa shape index (κ3) is 3.61. The second-order valence-electron chi connectivity index (χ2n) is 7.55. The number of ketones is 1. The van der Waals surface area contributed by atoms with E-state index in [0.29, 0.717) is 13.0 Å². The number of benzene rings is 1. The van der Waals surface area contributed by atoms with Crippen molar-refractivity contribution >= 4 is 11.9 Å². The molecule has 1 aliphatic heterocycles. The fourth-order valence-electron chi connectivity index (χ4n) is 3.54. The number of hydrogen-bond donors (Lipinski definition) is 0. The van der Waals surface area contributed by atoms with Gasteiger partial charge >= 0.3 is 6.09 Å². The number of fused-ring (bicyclic) bond motifs is 1. The highest BCUT2D eigenvalue weighted by Gasteiger charge is 2.39. The topological polar surface area (TPSA) is 55.8 Å². The van der Waals surface area contributed by atoms with Crippen LogP contribution in [0.1, 0.15) is 50.8 Å². The molecule has 1 aromatic carbocycles. The molecule has 130 valence electrons. The van der Waals surface area contributed by atoms with Crippen molar-refractivity contribution in [2.45, 2.75) is 57.7 Å². The smallest absolute Gasteiger partial charge is 0.411 e. The van der Waals surface area contributed by atoms with Crippen LogP contribution in [0, 0.1) is 0 Å². The molecule has 0 radical (unpaired) electrons. The number of hydrogen-bond acceptors (Lipinski definition) is 4. The van der Waals surface area contributed by atoms with Gasteiger partial charge in [0.05, 0.1) is 18.7 Å². The molecule has 0 N–H and O–H groups in total. The first kappa shape index (κ1) is 17.0. The quantitative estimate of drug-likeness (QED) is 0.834. The monoisotopic (exact) mass is 331 g/mol. The summed E-state index contributed by atoms with van der Waals surface area (Å²) in [4.78, 5) is 26.5. The first-order valence-electron chi connectivity index (χ1n) is 8.54. The van der Waals surface area contributed by atoms with Crippen LogP contribution in [0.3, 0.4) is 0 Å². The summed E-state index contributed by atoms with van der Waals surface area (Å²) in [6.45, 7) is 6.08. The van der Waals surface area contributed by atoms with Crippen LogP contribution < -0.4 is 0 Å². The molecule has 1 fully saturated rings. The maximum Gasteiger partial charge on any atom is 0.411 e. The minimum absolute atomic E-state index is 0.0334. The van der Waals surface area contributed by atoms with Crippen LogP contribution in [0.4, 0.5) is 4.79 Å². The van der Waals surface area contributed by atoms with Crippen LogP contribution in [0.15, 0.2) is 24.3 Å². The third-order valence-corrected chi connectivity index (χ3v) is 4.47. The molecule has 1 aromatic rings. The maximum absolute atomic E-state index is 12.9. The average molecular weight is 331 g/mol. The molecule has 1 heterocycles. The van der Waals surface area contributed by atoms with E-state index in [1.807, 2.05) is 32.9 Å². The summed E-state index contributed by atoms with van der Waals surface area (Å²) in [6.07, 6.45) is 1.75. The first-order valence-corrected chi connectivity index (χ1v) is 8.54. The van der Waals surface area contributed by atoms with Crippen LogP contribution in [0.2, 0.25) is 0 Å². The molecule has 2 aliphatic rings. The van der Waals surface area contributed by atoms with Gasteiger partial charge in [0.2, 0.25) is 0 Å². The van der Waals surface area contributed by atoms with E-state index in [1.165, 1.54) is 5.56 Å². The predicted molar refractivity (Wildman–Crippen MR) is 89.8 cm³/mol. The summed E-state index contributed by atoms with van der Waals surface area (Å²) < 4.78 is 11.0. The SMILES string of the molecule is CC(C)(C)OC(=O)N(C1COCC(=O)C1)[C@@H]1CCc2ccccc21. The van der Waals surface area contributed by atoms with Gasteiger partial charge in [0.1, 0.15) is 12.2 Å². The summed E-state index contributed by atoms with van der Waals surface area (Å²) in [5.74, 6) is 0.0334. The Hall–Kier alpha value is -1.88. The molecule has 0 aromatic heterocycles. The van der Waals surface area contributed by atoms with Gasteiger partial charge in [-0.3, -0.25) is 9.69 Å². The van der Waals surface area contributed by atoms with E-state index in [9.17, 15) is 9.59 Å². The van der Waals surface area contributed by atoms with Gasteiger partial charge in [-0.2, -0.15) is 0 Å². The Morgan fingerprint density at radius 3 is 2.75 bits per heavy atom. The van der Waals surface area contributed by atoms with Crippen molar-refractivity contribution in [2.24, 2.45) is 0 Å². The summed E-state index contributed by atoms with van der Waals surface area (Å²) >= 11 is 0. The van der Waals surface area contributed by atoms with Crippen molar-refractivity contribution in [3.63, 3.8) is 0 Å². The van der Waals surface area contributed by atoms with Crippen LogP contribution in [-0.4, -0.2) is 41.6 Å². The number of aryl methyl sites for hydroxylation is 1. The van der Waals surface area contributed by atoms with Gasteiger partial charge in [0.15, 0.2) is 5.78 Å². The van der Waals surface area contributed by atoms with Crippen LogP contribution in [0.5, 0.6) is 0 Å². The highest BCUT2D eigenvalue weighted by Crippen LogP contribution is 2.38. The number of ether oxygens (including phenoxy) is 2. The van der Waals surface area contributed by atoms with Gasteiger partial charge in [-0.15, -0.1) is 0 Å². The molecule has 0 bridgehead atoms. The van der Waals surface area contributed by atoms with Crippen LogP contribution >= 0.6 is 0 Å². The fourth-order valence-corrected chi connectivity index (χ4v) is 3.54. The molecule has 2 atom stereocenters. The van der Waals surface area contributed by atoms with E-state index in [4.69, 9.17) is 9.47 Å². The van der Waals surface area contributed by atoms with Gasteiger partial charge in [-0.05, 0) is 44.7 Å². The number of amides is 1. The van der Waals surface area contributed by atoms with Gasteiger partial charge in [-0.1, -0.05) is 24.3 Å². The minimum atomic E-state index is -0.576. The Morgan fingerprint density at radius 1 is 1.29 bits per heavy atom. The lowest BCUT2D eigenvalue weighted by Gasteiger charge is -2.39. The number of Topliss-reactive ketones (excluding diaryl/α,β-unsaturated/α-hetero) is 1. The Morgan fingerprint density at radius 2 is 2.04 bits per heavy atom. The van der Waals surface area contributed by atoms with Crippen molar-refractivity contribution in [1.82, 2.24) is 4.90 Å². The van der Waals surface area contributed by atoms with Crippen molar-refractivity contribution in [2.75, 3.05) is 13.2 Å². The van der Waals surface area contributed by atoms with E-state index in [2.05, 4.69) is 12.1 Å². The largest absolute Gasteiger partial charge is 0.444 e. The molecule has 3 rings (SSSR count). The van der Waals surface area contributed by atoms with Gasteiger partial charge in [0.25, 0.3) is 0 Å². The van der Waals surface area contributed by atoms with E-state index in [0.717, 1.165) is 18.4 Å². The lowest BCUT2D eigenvalue weighted by atomic mass is 10.0. The van der Waals surface area contributed by atoms with Gasteiger partial charge < -0.3 is 9.47 Å².